The fourth-order valence-corrected chi connectivity index (χ4v) is 3.40. The Balaban J connectivity index is 0.00000261. The van der Waals surface area contributed by atoms with Crippen molar-refractivity contribution in [3.8, 4) is 0 Å². The normalized spacial score (nSPS) is 18.1. The van der Waals surface area contributed by atoms with Gasteiger partial charge in [0.1, 0.15) is 0 Å². The Bertz CT molecular complexity index is 539. The van der Waals surface area contributed by atoms with Gasteiger partial charge in [0.05, 0.1) is 0 Å². The topological polar surface area (TPSA) is 42.9 Å². The molecule has 6 heteroatoms. The van der Waals surface area contributed by atoms with Gasteiger partial charge in [0.25, 0.3) is 0 Å². The summed E-state index contributed by atoms with van der Waals surface area (Å²) in [4.78, 5) is 9.78. The number of para-hydroxylation sites is 1. The van der Waals surface area contributed by atoms with Crippen LogP contribution in [0, 0.1) is 5.92 Å². The van der Waals surface area contributed by atoms with Crippen molar-refractivity contribution in [3.05, 3.63) is 30.3 Å². The molecule has 1 aliphatic carbocycles. The molecule has 0 spiro atoms. The van der Waals surface area contributed by atoms with Crippen LogP contribution < -0.4 is 15.5 Å². The van der Waals surface area contributed by atoms with E-state index in [1.165, 1.54) is 51.0 Å². The zero-order valence-corrected chi connectivity index (χ0v) is 19.0. The third kappa shape index (κ3) is 8.25. The highest BCUT2D eigenvalue weighted by molar-refractivity contribution is 14.0. The number of aliphatic imine (C=N–C) groups is 1. The molecule has 3 rings (SSSR count). The molecule has 0 unspecified atom stereocenters. The highest BCUT2D eigenvalue weighted by atomic mass is 127. The van der Waals surface area contributed by atoms with Crippen LogP contribution >= 0.6 is 24.0 Å². The predicted molar refractivity (Wildman–Crippen MR) is 126 cm³/mol. The van der Waals surface area contributed by atoms with E-state index in [9.17, 15) is 0 Å². The Morgan fingerprint density at radius 1 is 1.04 bits per heavy atom. The third-order valence-electron chi connectivity index (χ3n) is 5.24. The van der Waals surface area contributed by atoms with Crippen LogP contribution in [0.25, 0.3) is 0 Å². The van der Waals surface area contributed by atoms with Gasteiger partial charge in [0, 0.05) is 51.5 Å². The molecular formula is C21H36IN5. The number of anilines is 1. The molecule has 0 atom stereocenters. The van der Waals surface area contributed by atoms with Gasteiger partial charge in [-0.25, -0.2) is 0 Å². The maximum atomic E-state index is 4.68. The largest absolute Gasteiger partial charge is 0.369 e. The lowest BCUT2D eigenvalue weighted by atomic mass is 10.2. The van der Waals surface area contributed by atoms with Crippen molar-refractivity contribution < 1.29 is 0 Å². The number of piperazine rings is 1. The fourth-order valence-electron chi connectivity index (χ4n) is 3.40. The molecule has 2 fully saturated rings. The Morgan fingerprint density at radius 2 is 1.78 bits per heavy atom. The SMILES string of the molecule is CCNC(=NCC1CC1)NCCCCN1CCN(c2ccccc2)CC1.I. The number of hydrogen-bond donors (Lipinski definition) is 2. The highest BCUT2D eigenvalue weighted by Crippen LogP contribution is 2.28. The van der Waals surface area contributed by atoms with E-state index in [0.29, 0.717) is 0 Å². The van der Waals surface area contributed by atoms with Crippen LogP contribution in [0.5, 0.6) is 0 Å². The summed E-state index contributed by atoms with van der Waals surface area (Å²) in [6, 6.07) is 10.8. The Labute approximate surface area is 182 Å². The monoisotopic (exact) mass is 485 g/mol. The number of rotatable bonds is 9. The summed E-state index contributed by atoms with van der Waals surface area (Å²) in [5, 5.41) is 6.83. The first-order valence-corrected chi connectivity index (χ1v) is 10.4. The minimum atomic E-state index is 0. The van der Waals surface area contributed by atoms with Crippen molar-refractivity contribution in [2.75, 3.05) is 57.3 Å². The van der Waals surface area contributed by atoms with Crippen molar-refractivity contribution >= 4 is 35.6 Å². The number of nitrogens with one attached hydrogen (secondary N) is 2. The van der Waals surface area contributed by atoms with Gasteiger partial charge >= 0.3 is 0 Å². The second-order valence-corrected chi connectivity index (χ2v) is 7.46. The molecule has 5 nitrogen and oxygen atoms in total. The van der Waals surface area contributed by atoms with E-state index < -0.39 is 0 Å². The van der Waals surface area contributed by atoms with Gasteiger partial charge in [-0.2, -0.15) is 0 Å². The molecule has 1 aliphatic heterocycles. The lowest BCUT2D eigenvalue weighted by Gasteiger charge is -2.36. The van der Waals surface area contributed by atoms with Crippen molar-refractivity contribution in [3.63, 3.8) is 0 Å². The molecule has 2 N–H and O–H groups in total. The van der Waals surface area contributed by atoms with Crippen LogP contribution in [0.1, 0.15) is 32.6 Å². The molecule has 27 heavy (non-hydrogen) atoms. The maximum Gasteiger partial charge on any atom is 0.191 e. The minimum Gasteiger partial charge on any atom is -0.369 e. The van der Waals surface area contributed by atoms with E-state index in [2.05, 4.69) is 62.7 Å². The Kier molecular flexibility index (Phi) is 10.3. The number of halogens is 1. The number of guanidine groups is 1. The van der Waals surface area contributed by atoms with Gasteiger partial charge in [-0.15, -0.1) is 24.0 Å². The van der Waals surface area contributed by atoms with Crippen LogP contribution in [-0.4, -0.2) is 63.2 Å². The average molecular weight is 485 g/mol. The van der Waals surface area contributed by atoms with E-state index in [4.69, 9.17) is 0 Å². The Morgan fingerprint density at radius 3 is 2.44 bits per heavy atom. The van der Waals surface area contributed by atoms with Crippen molar-refractivity contribution in [1.29, 1.82) is 0 Å². The molecule has 152 valence electrons. The van der Waals surface area contributed by atoms with Gasteiger partial charge in [0.2, 0.25) is 0 Å². The average Bonchev–Trinajstić information content (AvgIpc) is 3.51. The van der Waals surface area contributed by atoms with Crippen LogP contribution in [-0.2, 0) is 0 Å². The van der Waals surface area contributed by atoms with Crippen LogP contribution in [0.2, 0.25) is 0 Å². The number of unbranched alkanes of at least 4 members (excludes halogenated alkanes) is 1. The van der Waals surface area contributed by atoms with Gasteiger partial charge in [-0.05, 0) is 57.2 Å². The maximum absolute atomic E-state index is 4.68. The summed E-state index contributed by atoms with van der Waals surface area (Å²) < 4.78 is 0. The smallest absolute Gasteiger partial charge is 0.191 e. The zero-order chi connectivity index (χ0) is 18.0. The second-order valence-electron chi connectivity index (χ2n) is 7.46. The Hall–Kier alpha value is -1.02. The second kappa shape index (κ2) is 12.4. The number of benzene rings is 1. The summed E-state index contributed by atoms with van der Waals surface area (Å²) in [6.45, 7) is 10.9. The van der Waals surface area contributed by atoms with Gasteiger partial charge in [-0.1, -0.05) is 18.2 Å². The fraction of sp³-hybridized carbons (Fsp3) is 0.667. The van der Waals surface area contributed by atoms with E-state index in [1.54, 1.807) is 0 Å². The van der Waals surface area contributed by atoms with Gasteiger partial charge in [0.15, 0.2) is 5.96 Å². The summed E-state index contributed by atoms with van der Waals surface area (Å²) in [6.07, 6.45) is 5.17. The van der Waals surface area contributed by atoms with Crippen LogP contribution in [0.3, 0.4) is 0 Å². The van der Waals surface area contributed by atoms with Gasteiger partial charge in [-0.3, -0.25) is 9.89 Å². The first-order chi connectivity index (χ1) is 12.8. The molecule has 2 aliphatic rings. The zero-order valence-electron chi connectivity index (χ0n) is 16.7. The summed E-state index contributed by atoms with van der Waals surface area (Å²) in [7, 11) is 0. The summed E-state index contributed by atoms with van der Waals surface area (Å²) in [5.74, 6) is 1.84. The van der Waals surface area contributed by atoms with E-state index in [-0.39, 0.29) is 24.0 Å². The predicted octanol–water partition coefficient (Wildman–Crippen LogP) is 3.17. The molecule has 1 saturated carbocycles. The summed E-state index contributed by atoms with van der Waals surface area (Å²) in [5.41, 5.74) is 1.36. The lowest BCUT2D eigenvalue weighted by molar-refractivity contribution is 0.253. The molecule has 1 aromatic carbocycles. The van der Waals surface area contributed by atoms with Crippen molar-refractivity contribution in [2.45, 2.75) is 32.6 Å². The van der Waals surface area contributed by atoms with E-state index in [0.717, 1.165) is 44.6 Å². The van der Waals surface area contributed by atoms with E-state index in [1.807, 2.05) is 0 Å². The van der Waals surface area contributed by atoms with E-state index >= 15 is 0 Å². The quantitative estimate of drug-likeness (QED) is 0.244. The molecule has 1 heterocycles. The first-order valence-electron chi connectivity index (χ1n) is 10.4. The van der Waals surface area contributed by atoms with Crippen LogP contribution in [0.15, 0.2) is 35.3 Å². The molecule has 1 aromatic rings. The molecule has 0 radical (unpaired) electrons. The molecule has 0 bridgehead atoms. The lowest BCUT2D eigenvalue weighted by Crippen LogP contribution is -2.46. The molecular weight excluding hydrogens is 449 g/mol. The van der Waals surface area contributed by atoms with Crippen molar-refractivity contribution in [2.24, 2.45) is 10.9 Å². The molecule has 0 aromatic heterocycles. The molecule has 0 amide bonds. The standard InChI is InChI=1S/C21H35N5.HI/c1-2-22-21(24-18-19-10-11-19)23-12-6-7-13-25-14-16-26(17-15-25)20-8-4-3-5-9-20;/h3-5,8-9,19H,2,6-7,10-18H2,1H3,(H2,22,23,24);1H. The van der Waals surface area contributed by atoms with Crippen LogP contribution in [0.4, 0.5) is 5.69 Å². The third-order valence-corrected chi connectivity index (χ3v) is 5.24. The molecule has 1 saturated heterocycles. The minimum absolute atomic E-state index is 0. The highest BCUT2D eigenvalue weighted by Gasteiger charge is 2.20. The number of hydrogen-bond acceptors (Lipinski definition) is 3. The van der Waals surface area contributed by atoms with Gasteiger partial charge < -0.3 is 15.5 Å². The number of nitrogens with zero attached hydrogens (tertiary/aromatic N) is 3. The van der Waals surface area contributed by atoms with Crippen molar-refractivity contribution in [1.82, 2.24) is 15.5 Å². The first kappa shape index (κ1) is 22.3. The summed E-state index contributed by atoms with van der Waals surface area (Å²) >= 11 is 0.